The molecular formula is C26H20. The molecule has 0 aliphatic rings. The van der Waals surface area contributed by atoms with E-state index in [9.17, 15) is 0 Å². The van der Waals surface area contributed by atoms with Crippen molar-refractivity contribution in [3.05, 3.63) is 142 Å². The number of benzene rings is 4. The molecule has 0 bridgehead atoms. The van der Waals surface area contributed by atoms with E-state index in [1.54, 1.807) is 0 Å². The van der Waals surface area contributed by atoms with Crippen LogP contribution in [0.15, 0.2) is 115 Å². The van der Waals surface area contributed by atoms with Crippen LogP contribution in [-0.4, -0.2) is 0 Å². The van der Waals surface area contributed by atoms with Crippen LogP contribution in [0.5, 0.6) is 0 Å². The zero-order valence-corrected chi connectivity index (χ0v) is 14.5. The third kappa shape index (κ3) is 3.65. The molecule has 0 aliphatic heterocycles. The van der Waals surface area contributed by atoms with E-state index in [1.807, 2.05) is 6.07 Å². The van der Waals surface area contributed by atoms with Crippen LogP contribution in [0.1, 0.15) is 16.7 Å². The summed E-state index contributed by atoms with van der Waals surface area (Å²) in [4.78, 5) is 0. The maximum atomic E-state index is 2.21. The van der Waals surface area contributed by atoms with Gasteiger partial charge in [-0.25, -0.2) is 0 Å². The summed E-state index contributed by atoms with van der Waals surface area (Å²) >= 11 is 0. The highest BCUT2D eigenvalue weighted by Crippen LogP contribution is 2.20. The summed E-state index contributed by atoms with van der Waals surface area (Å²) < 4.78 is 0. The van der Waals surface area contributed by atoms with Gasteiger partial charge in [-0.05, 0) is 38.8 Å². The molecule has 0 nitrogen and oxygen atoms in total. The molecule has 0 fully saturated rings. The maximum Gasteiger partial charge on any atom is -0.00389 e. The van der Waals surface area contributed by atoms with Gasteiger partial charge in [-0.15, -0.1) is 0 Å². The minimum atomic E-state index is 1.21. The second-order valence-electron chi connectivity index (χ2n) is 6.28. The second kappa shape index (κ2) is 7.67. The minimum absolute atomic E-state index is 1.21. The predicted octanol–water partition coefficient (Wildman–Crippen LogP) is 4.76. The van der Waals surface area contributed by atoms with Crippen molar-refractivity contribution in [2.24, 2.45) is 0 Å². The summed E-state index contributed by atoms with van der Waals surface area (Å²) in [6.45, 7) is 0. The molecule has 0 saturated carbocycles. The Labute approximate surface area is 154 Å². The van der Waals surface area contributed by atoms with Gasteiger partial charge >= 0.3 is 0 Å². The van der Waals surface area contributed by atoms with Gasteiger partial charge in [0, 0.05) is 0 Å². The van der Waals surface area contributed by atoms with E-state index in [2.05, 4.69) is 115 Å². The molecule has 124 valence electrons. The molecule has 0 amide bonds. The summed E-state index contributed by atoms with van der Waals surface area (Å²) in [5, 5.41) is 2.44. The minimum Gasteiger partial charge on any atom is -0.0622 e. The van der Waals surface area contributed by atoms with E-state index >= 15 is 0 Å². The Morgan fingerprint density at radius 3 is 1.42 bits per heavy atom. The van der Waals surface area contributed by atoms with Crippen molar-refractivity contribution in [3.63, 3.8) is 0 Å². The van der Waals surface area contributed by atoms with Crippen LogP contribution < -0.4 is 10.4 Å². The van der Waals surface area contributed by atoms with Crippen molar-refractivity contribution in [1.29, 1.82) is 0 Å². The average Bonchev–Trinajstić information content (AvgIpc) is 2.72. The van der Waals surface area contributed by atoms with Gasteiger partial charge in [-0.3, -0.25) is 0 Å². The maximum absolute atomic E-state index is 2.21. The molecule has 0 saturated heterocycles. The zero-order chi connectivity index (χ0) is 17.6. The van der Waals surface area contributed by atoms with Crippen LogP contribution in [0, 0.1) is 0 Å². The molecule has 0 atom stereocenters. The fourth-order valence-corrected chi connectivity index (χ4v) is 3.20. The van der Waals surface area contributed by atoms with Crippen LogP contribution in [0.3, 0.4) is 0 Å². The van der Waals surface area contributed by atoms with Crippen LogP contribution in [0.2, 0.25) is 0 Å². The Morgan fingerprint density at radius 2 is 0.923 bits per heavy atom. The predicted molar refractivity (Wildman–Crippen MR) is 110 cm³/mol. The Balaban J connectivity index is 1.87. The molecule has 4 rings (SSSR count). The Hall–Kier alpha value is -3.38. The number of hydrogen-bond donors (Lipinski definition) is 0. The highest BCUT2D eigenvalue weighted by molar-refractivity contribution is 5.79. The van der Waals surface area contributed by atoms with Crippen LogP contribution in [0.25, 0.3) is 11.6 Å². The quantitative estimate of drug-likeness (QED) is 0.507. The van der Waals surface area contributed by atoms with Gasteiger partial charge in [-0.2, -0.15) is 0 Å². The van der Waals surface area contributed by atoms with Crippen LogP contribution in [-0.2, 0) is 0 Å². The Bertz CT molecular complexity index is 1030. The molecule has 0 radical (unpaired) electrons. The fourth-order valence-electron chi connectivity index (χ4n) is 3.20. The first-order valence-corrected chi connectivity index (χ1v) is 8.88. The van der Waals surface area contributed by atoms with Crippen LogP contribution in [0.4, 0.5) is 0 Å². The lowest BCUT2D eigenvalue weighted by Gasteiger charge is -2.09. The lowest BCUT2D eigenvalue weighted by Crippen LogP contribution is -2.12. The average molecular weight is 332 g/mol. The first-order chi connectivity index (χ1) is 12.9. The normalized spacial score (nSPS) is 10.3. The van der Waals surface area contributed by atoms with E-state index < -0.39 is 0 Å². The number of hydrogen-bond acceptors (Lipinski definition) is 0. The summed E-state index contributed by atoms with van der Waals surface area (Å²) in [6, 6.07) is 40.4. The molecule has 4 aromatic rings. The number of rotatable bonds is 3. The molecule has 0 heteroatoms. The smallest absolute Gasteiger partial charge is 0.00389 e. The second-order valence-corrected chi connectivity index (χ2v) is 6.28. The van der Waals surface area contributed by atoms with Crippen molar-refractivity contribution in [1.82, 2.24) is 0 Å². The lowest BCUT2D eigenvalue weighted by atomic mass is 9.95. The first-order valence-electron chi connectivity index (χ1n) is 8.88. The largest absolute Gasteiger partial charge is 0.0622 e. The van der Waals surface area contributed by atoms with E-state index in [4.69, 9.17) is 0 Å². The van der Waals surface area contributed by atoms with E-state index in [1.165, 1.54) is 32.7 Å². The first kappa shape index (κ1) is 16.1. The Morgan fingerprint density at radius 1 is 0.462 bits per heavy atom. The fraction of sp³-hybridized carbons (Fsp3) is 0. The molecule has 4 aromatic carbocycles. The van der Waals surface area contributed by atoms with Gasteiger partial charge in [0.2, 0.25) is 0 Å². The highest BCUT2D eigenvalue weighted by atomic mass is 14.1. The van der Waals surface area contributed by atoms with Gasteiger partial charge in [-0.1, -0.05) is 115 Å². The molecule has 0 spiro atoms. The SMILES string of the molecule is C(c1ccccc1)=c1ccc(=C(c2ccccc2)c2ccccc2)cc1. The van der Waals surface area contributed by atoms with E-state index in [0.29, 0.717) is 0 Å². The summed E-state index contributed by atoms with van der Waals surface area (Å²) in [5.41, 5.74) is 4.95. The molecular weight excluding hydrogens is 312 g/mol. The van der Waals surface area contributed by atoms with Gasteiger partial charge in [0.15, 0.2) is 0 Å². The molecule has 0 heterocycles. The summed E-state index contributed by atoms with van der Waals surface area (Å²) in [7, 11) is 0. The van der Waals surface area contributed by atoms with Crippen molar-refractivity contribution < 1.29 is 0 Å². The zero-order valence-electron chi connectivity index (χ0n) is 14.5. The summed E-state index contributed by atoms with van der Waals surface area (Å²) in [5.74, 6) is 0. The molecule has 0 aromatic heterocycles. The standard InChI is InChI=1S/C26H20/c1-4-10-21(11-5-1)20-22-16-18-25(19-17-22)26(23-12-6-2-7-13-23)24-14-8-3-9-15-24/h1-20H. The molecule has 0 aliphatic carbocycles. The van der Waals surface area contributed by atoms with Crippen molar-refractivity contribution in [2.45, 2.75) is 0 Å². The van der Waals surface area contributed by atoms with Gasteiger partial charge in [0.1, 0.15) is 0 Å². The lowest BCUT2D eigenvalue weighted by molar-refractivity contribution is 1.46. The highest BCUT2D eigenvalue weighted by Gasteiger charge is 2.05. The van der Waals surface area contributed by atoms with Crippen LogP contribution >= 0.6 is 0 Å². The topological polar surface area (TPSA) is 0 Å². The van der Waals surface area contributed by atoms with E-state index in [0.717, 1.165) is 0 Å². The summed E-state index contributed by atoms with van der Waals surface area (Å²) in [6.07, 6.45) is 2.20. The van der Waals surface area contributed by atoms with E-state index in [-0.39, 0.29) is 0 Å². The molecule has 0 unspecified atom stereocenters. The Kier molecular flexibility index (Phi) is 4.75. The third-order valence-corrected chi connectivity index (χ3v) is 4.46. The van der Waals surface area contributed by atoms with Gasteiger partial charge in [0.05, 0.1) is 0 Å². The van der Waals surface area contributed by atoms with Gasteiger partial charge < -0.3 is 0 Å². The van der Waals surface area contributed by atoms with Crippen molar-refractivity contribution >= 4 is 11.6 Å². The molecule has 0 N–H and O–H groups in total. The van der Waals surface area contributed by atoms with Crippen molar-refractivity contribution in [2.75, 3.05) is 0 Å². The van der Waals surface area contributed by atoms with Crippen molar-refractivity contribution in [3.8, 4) is 0 Å². The third-order valence-electron chi connectivity index (χ3n) is 4.46. The molecule has 26 heavy (non-hydrogen) atoms. The monoisotopic (exact) mass is 332 g/mol. The van der Waals surface area contributed by atoms with Gasteiger partial charge in [0.25, 0.3) is 0 Å².